The minimum atomic E-state index is -0.181. The first-order valence-corrected chi connectivity index (χ1v) is 9.68. The smallest absolute Gasteiger partial charge is 0.248 e. The number of hydrogen-bond donors (Lipinski definition) is 1. The Bertz CT molecular complexity index is 944. The van der Waals surface area contributed by atoms with Gasteiger partial charge in [-0.05, 0) is 61.2 Å². The molecule has 1 amide bonds. The van der Waals surface area contributed by atoms with Crippen LogP contribution in [-0.4, -0.2) is 39.2 Å². The molecule has 1 aliphatic rings. The van der Waals surface area contributed by atoms with Crippen LogP contribution in [-0.2, 0) is 11.3 Å². The van der Waals surface area contributed by atoms with E-state index in [1.54, 1.807) is 0 Å². The number of carbonyl (C=O) groups excluding carboxylic acids is 1. The predicted molar refractivity (Wildman–Crippen MR) is 109 cm³/mol. The number of carbonyl (C=O) groups is 1. The van der Waals surface area contributed by atoms with Crippen molar-refractivity contribution in [2.75, 3.05) is 23.3 Å². The van der Waals surface area contributed by atoms with E-state index in [0.29, 0.717) is 5.82 Å². The SMILES string of the molecule is Cc1ccccc1-c1nnn(CC(=O)Nc2ccc(N3CCCCC3)cc2)n1. The number of aromatic nitrogens is 4. The van der Waals surface area contributed by atoms with Gasteiger partial charge in [0.1, 0.15) is 6.54 Å². The highest BCUT2D eigenvalue weighted by Crippen LogP contribution is 2.22. The van der Waals surface area contributed by atoms with Gasteiger partial charge in [-0.3, -0.25) is 4.79 Å². The average molecular weight is 376 g/mol. The van der Waals surface area contributed by atoms with E-state index in [1.165, 1.54) is 29.7 Å². The minimum Gasteiger partial charge on any atom is -0.372 e. The molecule has 1 fully saturated rings. The molecule has 1 saturated heterocycles. The number of nitrogens with zero attached hydrogens (tertiary/aromatic N) is 5. The van der Waals surface area contributed by atoms with Crippen LogP contribution < -0.4 is 10.2 Å². The van der Waals surface area contributed by atoms with E-state index in [-0.39, 0.29) is 12.5 Å². The third-order valence-electron chi connectivity index (χ3n) is 5.00. The van der Waals surface area contributed by atoms with Gasteiger partial charge in [-0.1, -0.05) is 24.3 Å². The molecule has 0 atom stereocenters. The summed E-state index contributed by atoms with van der Waals surface area (Å²) in [5.41, 5.74) is 3.96. The molecular weight excluding hydrogens is 352 g/mol. The third-order valence-corrected chi connectivity index (χ3v) is 5.00. The van der Waals surface area contributed by atoms with Crippen LogP contribution >= 0.6 is 0 Å². The van der Waals surface area contributed by atoms with Crippen molar-refractivity contribution in [1.82, 2.24) is 20.2 Å². The molecule has 144 valence electrons. The van der Waals surface area contributed by atoms with Gasteiger partial charge in [0.2, 0.25) is 11.7 Å². The van der Waals surface area contributed by atoms with Crippen LogP contribution in [0.3, 0.4) is 0 Å². The fraction of sp³-hybridized carbons (Fsp3) is 0.333. The molecule has 3 aromatic rings. The van der Waals surface area contributed by atoms with Crippen molar-refractivity contribution in [2.45, 2.75) is 32.7 Å². The monoisotopic (exact) mass is 376 g/mol. The zero-order valence-corrected chi connectivity index (χ0v) is 16.0. The molecule has 0 bridgehead atoms. The fourth-order valence-corrected chi connectivity index (χ4v) is 3.48. The molecular formula is C21H24N6O. The van der Waals surface area contributed by atoms with Crippen molar-refractivity contribution >= 4 is 17.3 Å². The normalized spacial score (nSPS) is 14.1. The van der Waals surface area contributed by atoms with Gasteiger partial charge in [0.25, 0.3) is 0 Å². The first kappa shape index (κ1) is 18.2. The first-order chi connectivity index (χ1) is 13.7. The molecule has 0 aliphatic carbocycles. The summed E-state index contributed by atoms with van der Waals surface area (Å²) in [6.07, 6.45) is 3.80. The van der Waals surface area contributed by atoms with Gasteiger partial charge < -0.3 is 10.2 Å². The van der Waals surface area contributed by atoms with Gasteiger partial charge in [-0.2, -0.15) is 4.80 Å². The summed E-state index contributed by atoms with van der Waals surface area (Å²) in [7, 11) is 0. The Hall–Kier alpha value is -3.22. The van der Waals surface area contributed by atoms with Crippen molar-refractivity contribution < 1.29 is 4.79 Å². The Morgan fingerprint density at radius 2 is 1.79 bits per heavy atom. The van der Waals surface area contributed by atoms with Crippen LogP contribution in [0.5, 0.6) is 0 Å². The summed E-state index contributed by atoms with van der Waals surface area (Å²) in [5, 5.41) is 15.3. The number of benzene rings is 2. The molecule has 1 aromatic heterocycles. The summed E-state index contributed by atoms with van der Waals surface area (Å²) < 4.78 is 0. The molecule has 2 aromatic carbocycles. The van der Waals surface area contributed by atoms with Gasteiger partial charge >= 0.3 is 0 Å². The maximum Gasteiger partial charge on any atom is 0.248 e. The van der Waals surface area contributed by atoms with Crippen molar-refractivity contribution in [1.29, 1.82) is 0 Å². The highest BCUT2D eigenvalue weighted by atomic mass is 16.2. The average Bonchev–Trinajstić information content (AvgIpc) is 3.17. The van der Waals surface area contributed by atoms with E-state index in [4.69, 9.17) is 0 Å². The van der Waals surface area contributed by atoms with Gasteiger partial charge in [-0.25, -0.2) is 0 Å². The number of nitrogens with one attached hydrogen (secondary N) is 1. The number of amides is 1. The van der Waals surface area contributed by atoms with Crippen LogP contribution in [0.15, 0.2) is 48.5 Å². The largest absolute Gasteiger partial charge is 0.372 e. The molecule has 28 heavy (non-hydrogen) atoms. The molecule has 1 aliphatic heterocycles. The number of anilines is 2. The van der Waals surface area contributed by atoms with Crippen LogP contribution in [0.2, 0.25) is 0 Å². The topological polar surface area (TPSA) is 75.9 Å². The summed E-state index contributed by atoms with van der Waals surface area (Å²) in [6, 6.07) is 15.8. The zero-order valence-electron chi connectivity index (χ0n) is 16.0. The molecule has 7 nitrogen and oxygen atoms in total. The zero-order chi connectivity index (χ0) is 19.3. The van der Waals surface area contributed by atoms with Crippen molar-refractivity contribution in [2.24, 2.45) is 0 Å². The standard InChI is InChI=1S/C21H24N6O/c1-16-7-3-4-8-19(16)21-23-25-27(24-21)15-20(28)22-17-9-11-18(12-10-17)26-13-5-2-6-14-26/h3-4,7-12H,2,5-6,13-15H2,1H3,(H,22,28). The highest BCUT2D eigenvalue weighted by Gasteiger charge is 2.13. The molecule has 2 heterocycles. The fourth-order valence-electron chi connectivity index (χ4n) is 3.48. The summed E-state index contributed by atoms with van der Waals surface area (Å²) in [4.78, 5) is 16.0. The summed E-state index contributed by atoms with van der Waals surface area (Å²) in [5.74, 6) is 0.344. The van der Waals surface area contributed by atoms with Gasteiger partial charge in [0, 0.05) is 30.0 Å². The lowest BCUT2D eigenvalue weighted by Gasteiger charge is -2.28. The van der Waals surface area contributed by atoms with Crippen molar-refractivity contribution in [3.8, 4) is 11.4 Å². The number of hydrogen-bond acceptors (Lipinski definition) is 5. The van der Waals surface area contributed by atoms with E-state index in [0.717, 1.165) is 29.9 Å². The van der Waals surface area contributed by atoms with Crippen LogP contribution in [0.4, 0.5) is 11.4 Å². The lowest BCUT2D eigenvalue weighted by molar-refractivity contribution is -0.117. The van der Waals surface area contributed by atoms with E-state index in [9.17, 15) is 4.79 Å². The van der Waals surface area contributed by atoms with E-state index in [1.807, 2.05) is 43.3 Å². The van der Waals surface area contributed by atoms with Crippen molar-refractivity contribution in [3.05, 3.63) is 54.1 Å². The van der Waals surface area contributed by atoms with Crippen LogP contribution in [0, 0.1) is 6.92 Å². The molecule has 0 spiro atoms. The molecule has 7 heteroatoms. The third kappa shape index (κ3) is 4.19. The molecule has 0 radical (unpaired) electrons. The predicted octanol–water partition coefficient (Wildman–Crippen LogP) is 3.28. The summed E-state index contributed by atoms with van der Waals surface area (Å²) in [6.45, 7) is 4.23. The van der Waals surface area contributed by atoms with Crippen LogP contribution in [0.1, 0.15) is 24.8 Å². The second kappa shape index (κ2) is 8.21. The van der Waals surface area contributed by atoms with E-state index >= 15 is 0 Å². The second-order valence-corrected chi connectivity index (χ2v) is 7.10. The van der Waals surface area contributed by atoms with E-state index in [2.05, 4.69) is 37.8 Å². The first-order valence-electron chi connectivity index (χ1n) is 9.68. The van der Waals surface area contributed by atoms with Gasteiger partial charge in [0.15, 0.2) is 0 Å². The number of piperidine rings is 1. The lowest BCUT2D eigenvalue weighted by Crippen LogP contribution is -2.29. The van der Waals surface area contributed by atoms with Gasteiger partial charge in [-0.15, -0.1) is 10.2 Å². The number of rotatable bonds is 5. The second-order valence-electron chi connectivity index (χ2n) is 7.10. The Morgan fingerprint density at radius 3 is 2.54 bits per heavy atom. The molecule has 1 N–H and O–H groups in total. The van der Waals surface area contributed by atoms with Crippen LogP contribution in [0.25, 0.3) is 11.4 Å². The quantitative estimate of drug-likeness (QED) is 0.740. The lowest BCUT2D eigenvalue weighted by atomic mass is 10.1. The maximum atomic E-state index is 12.3. The molecule has 4 rings (SSSR count). The Morgan fingerprint density at radius 1 is 1.04 bits per heavy atom. The molecule has 0 unspecified atom stereocenters. The Kier molecular flexibility index (Phi) is 5.32. The van der Waals surface area contributed by atoms with E-state index < -0.39 is 0 Å². The highest BCUT2D eigenvalue weighted by molar-refractivity contribution is 5.90. The Labute approximate surface area is 164 Å². The molecule has 0 saturated carbocycles. The van der Waals surface area contributed by atoms with Gasteiger partial charge in [0.05, 0.1) is 0 Å². The Balaban J connectivity index is 1.36. The number of aryl methyl sites for hydroxylation is 1. The minimum absolute atomic E-state index is 0.0206. The number of tetrazole rings is 1. The maximum absolute atomic E-state index is 12.3. The van der Waals surface area contributed by atoms with Crippen molar-refractivity contribution in [3.63, 3.8) is 0 Å². The summed E-state index contributed by atoms with van der Waals surface area (Å²) >= 11 is 0.